The molecular formula is C14H19NO2. The van der Waals surface area contributed by atoms with Crippen LogP contribution in [0.25, 0.3) is 0 Å². The first-order valence-corrected chi connectivity index (χ1v) is 6.10. The highest BCUT2D eigenvalue weighted by atomic mass is 16.5. The predicted octanol–water partition coefficient (Wildman–Crippen LogP) is 1.86. The van der Waals surface area contributed by atoms with Crippen LogP contribution >= 0.6 is 0 Å². The number of carbonyl (C=O) groups excluding carboxylic acids is 1. The molecule has 0 bridgehead atoms. The molecule has 0 saturated carbocycles. The van der Waals surface area contributed by atoms with Crippen LogP contribution in [-0.2, 0) is 16.0 Å². The molecule has 1 fully saturated rings. The van der Waals surface area contributed by atoms with Crippen LogP contribution in [0.1, 0.15) is 18.9 Å². The second-order valence-corrected chi connectivity index (χ2v) is 4.60. The standard InChI is InChI=1S/C14H19NO2/c1-11(10-12-6-4-3-5-7-12)15-9-8-13(15)14(16)17-2/h3-7,11,13H,8-10H2,1-2H3. The number of likely N-dealkylation sites (tertiary alicyclic amines) is 1. The van der Waals surface area contributed by atoms with Crippen LogP contribution in [0.3, 0.4) is 0 Å². The smallest absolute Gasteiger partial charge is 0.323 e. The number of benzene rings is 1. The van der Waals surface area contributed by atoms with Crippen molar-refractivity contribution in [1.82, 2.24) is 4.90 Å². The molecule has 0 amide bonds. The molecular weight excluding hydrogens is 214 g/mol. The molecule has 1 aliphatic rings. The van der Waals surface area contributed by atoms with Crippen molar-refractivity contribution in [1.29, 1.82) is 0 Å². The van der Waals surface area contributed by atoms with Crippen molar-refractivity contribution in [3.05, 3.63) is 35.9 Å². The van der Waals surface area contributed by atoms with Gasteiger partial charge in [0, 0.05) is 12.6 Å². The van der Waals surface area contributed by atoms with Crippen LogP contribution in [0.5, 0.6) is 0 Å². The minimum Gasteiger partial charge on any atom is -0.468 e. The van der Waals surface area contributed by atoms with Crippen molar-refractivity contribution >= 4 is 5.97 Å². The van der Waals surface area contributed by atoms with E-state index >= 15 is 0 Å². The molecule has 0 aliphatic carbocycles. The topological polar surface area (TPSA) is 29.5 Å². The highest BCUT2D eigenvalue weighted by Crippen LogP contribution is 2.23. The average molecular weight is 233 g/mol. The third-order valence-corrected chi connectivity index (χ3v) is 3.47. The van der Waals surface area contributed by atoms with Crippen LogP contribution < -0.4 is 0 Å². The van der Waals surface area contributed by atoms with Crippen LogP contribution in [0.15, 0.2) is 30.3 Å². The van der Waals surface area contributed by atoms with Gasteiger partial charge in [0.25, 0.3) is 0 Å². The molecule has 2 rings (SSSR count). The summed E-state index contributed by atoms with van der Waals surface area (Å²) in [6.07, 6.45) is 1.90. The maximum Gasteiger partial charge on any atom is 0.323 e. The molecule has 0 spiro atoms. The van der Waals surface area contributed by atoms with Gasteiger partial charge in [-0.25, -0.2) is 0 Å². The number of methoxy groups -OCH3 is 1. The van der Waals surface area contributed by atoms with Gasteiger partial charge in [-0.1, -0.05) is 30.3 Å². The number of rotatable bonds is 4. The van der Waals surface area contributed by atoms with Gasteiger partial charge in [-0.3, -0.25) is 9.69 Å². The van der Waals surface area contributed by atoms with Crippen molar-refractivity contribution in [2.24, 2.45) is 0 Å². The predicted molar refractivity (Wildman–Crippen MR) is 66.7 cm³/mol. The molecule has 2 unspecified atom stereocenters. The van der Waals surface area contributed by atoms with Gasteiger partial charge in [-0.05, 0) is 25.3 Å². The van der Waals surface area contributed by atoms with E-state index in [1.165, 1.54) is 12.7 Å². The van der Waals surface area contributed by atoms with Gasteiger partial charge in [0.15, 0.2) is 0 Å². The lowest BCUT2D eigenvalue weighted by molar-refractivity contribution is -0.153. The number of nitrogens with zero attached hydrogens (tertiary/aromatic N) is 1. The fourth-order valence-corrected chi connectivity index (χ4v) is 2.40. The average Bonchev–Trinajstić information content (AvgIpc) is 2.28. The lowest BCUT2D eigenvalue weighted by Crippen LogP contribution is -2.56. The third-order valence-electron chi connectivity index (χ3n) is 3.47. The van der Waals surface area contributed by atoms with E-state index in [2.05, 4.69) is 36.1 Å². The monoisotopic (exact) mass is 233 g/mol. The quantitative estimate of drug-likeness (QED) is 0.743. The zero-order chi connectivity index (χ0) is 12.3. The second kappa shape index (κ2) is 5.32. The molecule has 1 aliphatic heterocycles. The minimum atomic E-state index is -0.101. The zero-order valence-corrected chi connectivity index (χ0v) is 10.4. The van der Waals surface area contributed by atoms with E-state index in [0.29, 0.717) is 6.04 Å². The van der Waals surface area contributed by atoms with Gasteiger partial charge in [0.2, 0.25) is 0 Å². The summed E-state index contributed by atoms with van der Waals surface area (Å²) in [6, 6.07) is 10.7. The maximum absolute atomic E-state index is 11.5. The summed E-state index contributed by atoms with van der Waals surface area (Å²) >= 11 is 0. The number of hydrogen-bond acceptors (Lipinski definition) is 3. The number of hydrogen-bond donors (Lipinski definition) is 0. The van der Waals surface area contributed by atoms with Gasteiger partial charge >= 0.3 is 5.97 Å². The van der Waals surface area contributed by atoms with Crippen LogP contribution in [0.4, 0.5) is 0 Å². The molecule has 1 aromatic rings. The van der Waals surface area contributed by atoms with Crippen molar-refractivity contribution < 1.29 is 9.53 Å². The van der Waals surface area contributed by atoms with Crippen LogP contribution in [-0.4, -0.2) is 36.6 Å². The molecule has 1 heterocycles. The molecule has 0 N–H and O–H groups in total. The lowest BCUT2D eigenvalue weighted by Gasteiger charge is -2.43. The SMILES string of the molecule is COC(=O)C1CCN1C(C)Cc1ccccc1. The Balaban J connectivity index is 1.93. The van der Waals surface area contributed by atoms with Gasteiger partial charge in [-0.15, -0.1) is 0 Å². The highest BCUT2D eigenvalue weighted by Gasteiger charge is 2.37. The maximum atomic E-state index is 11.5. The molecule has 3 nitrogen and oxygen atoms in total. The first-order chi connectivity index (χ1) is 8.22. The first-order valence-electron chi connectivity index (χ1n) is 6.10. The third kappa shape index (κ3) is 2.67. The molecule has 1 saturated heterocycles. The van der Waals surface area contributed by atoms with Gasteiger partial charge in [0.1, 0.15) is 6.04 Å². The lowest BCUT2D eigenvalue weighted by atomic mass is 9.96. The fraction of sp³-hybridized carbons (Fsp3) is 0.500. The molecule has 2 atom stereocenters. The summed E-state index contributed by atoms with van der Waals surface area (Å²) in [6.45, 7) is 3.16. The molecule has 17 heavy (non-hydrogen) atoms. The summed E-state index contributed by atoms with van der Waals surface area (Å²) in [5.74, 6) is -0.101. The molecule has 92 valence electrons. The Bertz CT molecular complexity index is 377. The summed E-state index contributed by atoms with van der Waals surface area (Å²) in [4.78, 5) is 13.7. The molecule has 0 radical (unpaired) electrons. The zero-order valence-electron chi connectivity index (χ0n) is 10.4. The summed E-state index contributed by atoms with van der Waals surface area (Å²) in [5.41, 5.74) is 1.32. The molecule has 0 aromatic heterocycles. The van der Waals surface area contributed by atoms with E-state index in [1.54, 1.807) is 0 Å². The highest BCUT2D eigenvalue weighted by molar-refractivity contribution is 5.76. The van der Waals surface area contributed by atoms with Crippen molar-refractivity contribution in [2.45, 2.75) is 31.8 Å². The van der Waals surface area contributed by atoms with Gasteiger partial charge < -0.3 is 4.74 Å². The Hall–Kier alpha value is -1.35. The second-order valence-electron chi connectivity index (χ2n) is 4.60. The minimum absolute atomic E-state index is 0.0290. The largest absolute Gasteiger partial charge is 0.468 e. The van der Waals surface area contributed by atoms with Gasteiger partial charge in [-0.2, -0.15) is 0 Å². The normalized spacial score (nSPS) is 21.6. The Kier molecular flexibility index (Phi) is 3.79. The number of ether oxygens (including phenoxy) is 1. The Morgan fingerprint density at radius 2 is 2.18 bits per heavy atom. The Labute approximate surface area is 102 Å². The molecule has 1 aromatic carbocycles. The van der Waals surface area contributed by atoms with E-state index in [0.717, 1.165) is 19.4 Å². The Morgan fingerprint density at radius 3 is 2.71 bits per heavy atom. The van der Waals surface area contributed by atoms with E-state index in [-0.39, 0.29) is 12.0 Å². The number of esters is 1. The van der Waals surface area contributed by atoms with E-state index in [9.17, 15) is 4.79 Å². The van der Waals surface area contributed by atoms with E-state index < -0.39 is 0 Å². The van der Waals surface area contributed by atoms with Gasteiger partial charge in [0.05, 0.1) is 7.11 Å². The van der Waals surface area contributed by atoms with Crippen LogP contribution in [0.2, 0.25) is 0 Å². The van der Waals surface area contributed by atoms with Crippen LogP contribution in [0, 0.1) is 0 Å². The number of carbonyl (C=O) groups is 1. The fourth-order valence-electron chi connectivity index (χ4n) is 2.40. The van der Waals surface area contributed by atoms with Crippen molar-refractivity contribution in [2.75, 3.05) is 13.7 Å². The van der Waals surface area contributed by atoms with Crippen molar-refractivity contribution in [3.8, 4) is 0 Å². The Morgan fingerprint density at radius 1 is 1.47 bits per heavy atom. The summed E-state index contributed by atoms with van der Waals surface area (Å²) in [7, 11) is 1.46. The van der Waals surface area contributed by atoms with E-state index in [1.807, 2.05) is 6.07 Å². The summed E-state index contributed by atoms with van der Waals surface area (Å²) in [5, 5.41) is 0. The summed E-state index contributed by atoms with van der Waals surface area (Å²) < 4.78 is 4.80. The molecule has 3 heteroatoms. The first kappa shape index (κ1) is 12.1. The van der Waals surface area contributed by atoms with Crippen molar-refractivity contribution in [3.63, 3.8) is 0 Å². The van der Waals surface area contributed by atoms with E-state index in [4.69, 9.17) is 4.74 Å².